The van der Waals surface area contributed by atoms with E-state index in [9.17, 15) is 9.59 Å². The van der Waals surface area contributed by atoms with Gasteiger partial charge in [-0.15, -0.1) is 23.1 Å². The lowest BCUT2D eigenvalue weighted by Crippen LogP contribution is -2.21. The van der Waals surface area contributed by atoms with Gasteiger partial charge in [0.05, 0.1) is 24.6 Å². The molecule has 0 radical (unpaired) electrons. The Hall–Kier alpha value is -1.86. The summed E-state index contributed by atoms with van der Waals surface area (Å²) in [5, 5.41) is 5.14. The molecule has 1 N–H and O–H groups in total. The molecule has 23 heavy (non-hydrogen) atoms. The first-order valence-electron chi connectivity index (χ1n) is 7.30. The molecule has 1 aliphatic heterocycles. The molecular formula is C16H16N2O3S2. The lowest BCUT2D eigenvalue weighted by atomic mass is 10.0. The minimum absolute atomic E-state index is 0.0560. The van der Waals surface area contributed by atoms with E-state index in [1.165, 1.54) is 11.3 Å². The number of thioether (sulfide) groups is 1. The SMILES string of the molecule is CCOC(=O)Cc1csc(NC(=O)C2CSc3ccccc32)n1. The quantitative estimate of drug-likeness (QED) is 0.841. The van der Waals surface area contributed by atoms with Crippen molar-refractivity contribution in [2.75, 3.05) is 17.7 Å². The fourth-order valence-corrected chi connectivity index (χ4v) is 4.32. The topological polar surface area (TPSA) is 68.3 Å². The minimum Gasteiger partial charge on any atom is -0.466 e. The molecule has 0 fully saturated rings. The molecule has 2 heterocycles. The van der Waals surface area contributed by atoms with Crippen LogP contribution in [0.5, 0.6) is 0 Å². The van der Waals surface area contributed by atoms with Gasteiger partial charge in [-0.05, 0) is 18.6 Å². The van der Waals surface area contributed by atoms with Gasteiger partial charge in [-0.1, -0.05) is 18.2 Å². The zero-order chi connectivity index (χ0) is 16.2. The first-order chi connectivity index (χ1) is 11.2. The highest BCUT2D eigenvalue weighted by molar-refractivity contribution is 7.99. The zero-order valence-corrected chi connectivity index (χ0v) is 14.2. The van der Waals surface area contributed by atoms with Gasteiger partial charge in [0.2, 0.25) is 5.91 Å². The van der Waals surface area contributed by atoms with E-state index in [2.05, 4.69) is 10.3 Å². The van der Waals surface area contributed by atoms with E-state index in [0.717, 1.165) is 16.2 Å². The minimum atomic E-state index is -0.309. The largest absolute Gasteiger partial charge is 0.466 e. The normalized spacial score (nSPS) is 16.0. The molecule has 0 aliphatic carbocycles. The van der Waals surface area contributed by atoms with Crippen LogP contribution in [0, 0.1) is 0 Å². The van der Waals surface area contributed by atoms with Crippen molar-refractivity contribution >= 4 is 40.1 Å². The molecule has 120 valence electrons. The van der Waals surface area contributed by atoms with E-state index >= 15 is 0 Å². The average Bonchev–Trinajstić information content (AvgIpc) is 3.14. The first kappa shape index (κ1) is 16.0. The van der Waals surface area contributed by atoms with Gasteiger partial charge >= 0.3 is 5.97 Å². The van der Waals surface area contributed by atoms with Crippen molar-refractivity contribution in [3.05, 3.63) is 40.9 Å². The maximum atomic E-state index is 12.5. The smallest absolute Gasteiger partial charge is 0.311 e. The maximum Gasteiger partial charge on any atom is 0.311 e. The molecule has 1 aromatic heterocycles. The number of ether oxygens (including phenoxy) is 1. The number of amides is 1. The Bertz CT molecular complexity index is 730. The summed E-state index contributed by atoms with van der Waals surface area (Å²) >= 11 is 3.02. The molecule has 1 aliphatic rings. The van der Waals surface area contributed by atoms with Gasteiger partial charge in [0.15, 0.2) is 5.13 Å². The lowest BCUT2D eigenvalue weighted by Gasteiger charge is -2.09. The standard InChI is InChI=1S/C16H16N2O3S2/c1-2-21-14(19)7-10-8-23-16(17-10)18-15(20)12-9-22-13-6-4-3-5-11(12)13/h3-6,8,12H,2,7,9H2,1H3,(H,17,18,20). The van der Waals surface area contributed by atoms with Gasteiger partial charge in [-0.3, -0.25) is 9.59 Å². The number of thiazole rings is 1. The van der Waals surface area contributed by atoms with Crippen molar-refractivity contribution in [1.29, 1.82) is 0 Å². The number of carbonyl (C=O) groups is 2. The third-order valence-electron chi connectivity index (χ3n) is 3.43. The molecule has 1 amide bonds. The number of anilines is 1. The predicted octanol–water partition coefficient (Wildman–Crippen LogP) is 3.08. The second-order valence-electron chi connectivity index (χ2n) is 5.02. The summed E-state index contributed by atoms with van der Waals surface area (Å²) in [4.78, 5) is 29.3. The van der Waals surface area contributed by atoms with E-state index in [0.29, 0.717) is 17.4 Å². The number of nitrogens with zero attached hydrogens (tertiary/aromatic N) is 1. The van der Waals surface area contributed by atoms with Crippen LogP contribution in [0.25, 0.3) is 0 Å². The summed E-state index contributed by atoms with van der Waals surface area (Å²) < 4.78 is 4.89. The second kappa shape index (κ2) is 7.14. The monoisotopic (exact) mass is 348 g/mol. The number of nitrogens with one attached hydrogen (secondary N) is 1. The summed E-state index contributed by atoms with van der Waals surface area (Å²) in [6.45, 7) is 2.12. The molecule has 0 bridgehead atoms. The highest BCUT2D eigenvalue weighted by atomic mass is 32.2. The molecule has 7 heteroatoms. The van der Waals surface area contributed by atoms with Crippen LogP contribution in [-0.4, -0.2) is 29.2 Å². The van der Waals surface area contributed by atoms with Gasteiger partial charge in [0, 0.05) is 16.0 Å². The van der Waals surface area contributed by atoms with Gasteiger partial charge in [-0.2, -0.15) is 0 Å². The van der Waals surface area contributed by atoms with E-state index in [-0.39, 0.29) is 24.2 Å². The van der Waals surface area contributed by atoms with Gasteiger partial charge in [0.25, 0.3) is 0 Å². The van der Waals surface area contributed by atoms with Crippen LogP contribution in [0.15, 0.2) is 34.5 Å². The second-order valence-corrected chi connectivity index (χ2v) is 6.94. The molecule has 2 aromatic rings. The van der Waals surface area contributed by atoms with Crippen LogP contribution in [0.3, 0.4) is 0 Å². The molecule has 5 nitrogen and oxygen atoms in total. The molecule has 0 saturated heterocycles. The van der Waals surface area contributed by atoms with E-state index in [4.69, 9.17) is 4.74 Å². The van der Waals surface area contributed by atoms with Crippen LogP contribution in [0.4, 0.5) is 5.13 Å². The van der Waals surface area contributed by atoms with Gasteiger partial charge in [-0.25, -0.2) is 4.98 Å². The highest BCUT2D eigenvalue weighted by Gasteiger charge is 2.29. The molecule has 1 aromatic carbocycles. The van der Waals surface area contributed by atoms with Crippen molar-refractivity contribution < 1.29 is 14.3 Å². The van der Waals surface area contributed by atoms with Crippen LogP contribution in [0.2, 0.25) is 0 Å². The fraction of sp³-hybridized carbons (Fsp3) is 0.312. The zero-order valence-electron chi connectivity index (χ0n) is 12.6. The first-order valence-corrected chi connectivity index (χ1v) is 9.16. The number of fused-ring (bicyclic) bond motifs is 1. The summed E-state index contributed by atoms with van der Waals surface area (Å²) in [5.41, 5.74) is 1.68. The number of carbonyl (C=O) groups excluding carboxylic acids is 2. The Morgan fingerprint density at radius 1 is 1.39 bits per heavy atom. The lowest BCUT2D eigenvalue weighted by molar-refractivity contribution is -0.142. The van der Waals surface area contributed by atoms with E-state index in [1.54, 1.807) is 24.1 Å². The third kappa shape index (κ3) is 3.73. The Morgan fingerprint density at radius 2 is 2.22 bits per heavy atom. The van der Waals surface area contributed by atoms with Crippen molar-refractivity contribution in [2.24, 2.45) is 0 Å². The van der Waals surface area contributed by atoms with Crippen LogP contribution in [-0.2, 0) is 20.7 Å². The average molecular weight is 348 g/mol. The molecular weight excluding hydrogens is 332 g/mol. The Balaban J connectivity index is 1.63. The summed E-state index contributed by atoms with van der Waals surface area (Å²) in [7, 11) is 0. The van der Waals surface area contributed by atoms with Crippen LogP contribution in [0.1, 0.15) is 24.1 Å². The molecule has 1 unspecified atom stereocenters. The Labute approximate surface area is 142 Å². The number of benzene rings is 1. The third-order valence-corrected chi connectivity index (χ3v) is 5.42. The summed E-state index contributed by atoms with van der Waals surface area (Å²) in [6, 6.07) is 7.96. The molecule has 0 spiro atoms. The van der Waals surface area contributed by atoms with E-state index in [1.807, 2.05) is 24.3 Å². The van der Waals surface area contributed by atoms with Crippen LogP contribution >= 0.6 is 23.1 Å². The fourth-order valence-electron chi connectivity index (χ4n) is 2.38. The van der Waals surface area contributed by atoms with Gasteiger partial charge < -0.3 is 10.1 Å². The van der Waals surface area contributed by atoms with Gasteiger partial charge in [0.1, 0.15) is 0 Å². The van der Waals surface area contributed by atoms with Crippen molar-refractivity contribution in [3.8, 4) is 0 Å². The summed E-state index contributed by atoms with van der Waals surface area (Å²) in [5.74, 6) is 0.219. The molecule has 3 rings (SSSR count). The highest BCUT2D eigenvalue weighted by Crippen LogP contribution is 2.39. The number of hydrogen-bond acceptors (Lipinski definition) is 6. The van der Waals surface area contributed by atoms with Crippen molar-refractivity contribution in [2.45, 2.75) is 24.2 Å². The number of rotatable bonds is 5. The number of aromatic nitrogens is 1. The molecule has 0 saturated carbocycles. The number of hydrogen-bond donors (Lipinski definition) is 1. The van der Waals surface area contributed by atoms with Crippen molar-refractivity contribution in [1.82, 2.24) is 4.98 Å². The Kier molecular flexibility index (Phi) is 4.97. The maximum absolute atomic E-state index is 12.5. The number of esters is 1. The summed E-state index contributed by atoms with van der Waals surface area (Å²) in [6.07, 6.45) is 0.127. The predicted molar refractivity (Wildman–Crippen MR) is 91.0 cm³/mol. The Morgan fingerprint density at radius 3 is 3.04 bits per heavy atom. The molecule has 1 atom stereocenters. The van der Waals surface area contributed by atoms with Crippen LogP contribution < -0.4 is 5.32 Å². The van der Waals surface area contributed by atoms with E-state index < -0.39 is 0 Å². The van der Waals surface area contributed by atoms with Crippen molar-refractivity contribution in [3.63, 3.8) is 0 Å².